The molecule has 2 heterocycles. The number of aromatic nitrogens is 4. The Kier molecular flexibility index (Phi) is 7.12. The van der Waals surface area contributed by atoms with E-state index in [0.717, 1.165) is 0 Å². The van der Waals surface area contributed by atoms with Gasteiger partial charge in [-0.05, 0) is 32.0 Å². The summed E-state index contributed by atoms with van der Waals surface area (Å²) in [5.74, 6) is -1.77. The number of esters is 1. The van der Waals surface area contributed by atoms with Gasteiger partial charge in [-0.1, -0.05) is 0 Å². The van der Waals surface area contributed by atoms with Crippen molar-refractivity contribution in [2.45, 2.75) is 32.2 Å². The van der Waals surface area contributed by atoms with E-state index in [1.54, 1.807) is 6.92 Å². The van der Waals surface area contributed by atoms with Crippen LogP contribution in [0.1, 0.15) is 57.4 Å². The van der Waals surface area contributed by atoms with Crippen LogP contribution in [-0.2, 0) is 17.1 Å². The van der Waals surface area contributed by atoms with Crippen LogP contribution in [0.15, 0.2) is 43.0 Å². The molecule has 8 nitrogen and oxygen atoms in total. The van der Waals surface area contributed by atoms with Crippen molar-refractivity contribution in [3.05, 3.63) is 70.9 Å². The van der Waals surface area contributed by atoms with Gasteiger partial charge in [0, 0.05) is 24.2 Å². The summed E-state index contributed by atoms with van der Waals surface area (Å²) in [5, 5.41) is 6.32. The Labute approximate surface area is 193 Å². The monoisotopic (exact) mass is 501 g/mol. The van der Waals surface area contributed by atoms with Crippen LogP contribution in [0.25, 0.3) is 5.82 Å². The lowest BCUT2D eigenvalue weighted by Crippen LogP contribution is -2.29. The lowest BCUT2D eigenvalue weighted by atomic mass is 10.0. The van der Waals surface area contributed by atoms with Gasteiger partial charge in [-0.2, -0.15) is 31.4 Å². The molecule has 14 heteroatoms. The first-order chi connectivity index (χ1) is 16.3. The van der Waals surface area contributed by atoms with Crippen molar-refractivity contribution in [1.82, 2.24) is 25.1 Å². The maximum atomic E-state index is 13.1. The topological polar surface area (TPSA) is 99.0 Å². The highest BCUT2D eigenvalue weighted by atomic mass is 19.4. The van der Waals surface area contributed by atoms with Crippen molar-refractivity contribution in [2.75, 3.05) is 6.61 Å². The van der Waals surface area contributed by atoms with E-state index in [0.29, 0.717) is 12.1 Å². The highest BCUT2D eigenvalue weighted by Gasteiger charge is 2.37. The second kappa shape index (κ2) is 9.72. The molecule has 0 aliphatic rings. The van der Waals surface area contributed by atoms with E-state index in [2.05, 4.69) is 20.4 Å². The standard InChI is InChI=1S/C21H17F6N5O3/c1-3-35-19(34)13-9-30-32(10-13)17-16(28-4-5-29-17)11(2)31-18(33)12-6-14(20(22,23)24)8-15(7-12)21(25,26)27/h4-11H,3H2,1-2H3,(H,31,33). The van der Waals surface area contributed by atoms with Gasteiger partial charge >= 0.3 is 18.3 Å². The lowest BCUT2D eigenvalue weighted by Gasteiger charge is -2.18. The van der Waals surface area contributed by atoms with E-state index in [4.69, 9.17) is 4.74 Å². The average molecular weight is 501 g/mol. The molecule has 1 amide bonds. The highest BCUT2D eigenvalue weighted by Crippen LogP contribution is 2.36. The number of carbonyl (C=O) groups excluding carboxylic acids is 2. The number of hydrogen-bond acceptors (Lipinski definition) is 6. The smallest absolute Gasteiger partial charge is 0.416 e. The Morgan fingerprint density at radius 3 is 2.17 bits per heavy atom. The van der Waals surface area contributed by atoms with E-state index < -0.39 is 47.0 Å². The fraction of sp³-hybridized carbons (Fsp3) is 0.286. The van der Waals surface area contributed by atoms with Gasteiger partial charge in [-0.15, -0.1) is 0 Å². The first kappa shape index (κ1) is 25.6. The minimum absolute atomic E-state index is 0.0656. The number of hydrogen-bond donors (Lipinski definition) is 1. The van der Waals surface area contributed by atoms with E-state index in [-0.39, 0.29) is 29.7 Å². The maximum Gasteiger partial charge on any atom is 0.416 e. The minimum atomic E-state index is -5.10. The van der Waals surface area contributed by atoms with Crippen molar-refractivity contribution in [2.24, 2.45) is 0 Å². The summed E-state index contributed by atoms with van der Waals surface area (Å²) in [6, 6.07) is -0.438. The van der Waals surface area contributed by atoms with Gasteiger partial charge in [0.05, 0.1) is 35.5 Å². The Morgan fingerprint density at radius 1 is 1.00 bits per heavy atom. The summed E-state index contributed by atoms with van der Waals surface area (Å²) < 4.78 is 84.7. The van der Waals surface area contributed by atoms with Crippen LogP contribution in [0.4, 0.5) is 26.3 Å². The largest absolute Gasteiger partial charge is 0.462 e. The number of ether oxygens (including phenoxy) is 1. The molecule has 2 aromatic heterocycles. The molecule has 0 radical (unpaired) electrons. The quantitative estimate of drug-likeness (QED) is 0.398. The molecule has 0 spiro atoms. The summed E-state index contributed by atoms with van der Waals surface area (Å²) >= 11 is 0. The van der Waals surface area contributed by atoms with Crippen LogP contribution in [0.5, 0.6) is 0 Å². The normalized spacial score (nSPS) is 12.8. The molecular formula is C21H17F6N5O3. The van der Waals surface area contributed by atoms with Gasteiger partial charge < -0.3 is 10.1 Å². The molecule has 0 saturated heterocycles. The molecule has 1 N–H and O–H groups in total. The highest BCUT2D eigenvalue weighted by molar-refractivity contribution is 5.95. The van der Waals surface area contributed by atoms with Gasteiger partial charge in [0.1, 0.15) is 5.69 Å². The molecule has 3 aromatic rings. The molecule has 186 valence electrons. The van der Waals surface area contributed by atoms with E-state index in [1.807, 2.05) is 0 Å². The molecule has 0 fully saturated rings. The summed E-state index contributed by atoms with van der Waals surface area (Å²) in [4.78, 5) is 32.7. The third-order valence-corrected chi connectivity index (χ3v) is 4.62. The first-order valence-corrected chi connectivity index (χ1v) is 9.94. The minimum Gasteiger partial charge on any atom is -0.462 e. The fourth-order valence-electron chi connectivity index (χ4n) is 3.02. The molecule has 35 heavy (non-hydrogen) atoms. The Bertz CT molecular complexity index is 1210. The predicted octanol–water partition coefficient (Wildman–Crippen LogP) is 4.37. The van der Waals surface area contributed by atoms with Gasteiger partial charge in [0.15, 0.2) is 5.82 Å². The number of alkyl halides is 6. The van der Waals surface area contributed by atoms with Crippen molar-refractivity contribution in [3.63, 3.8) is 0 Å². The Morgan fingerprint density at radius 2 is 1.60 bits per heavy atom. The SMILES string of the molecule is CCOC(=O)c1cnn(-c2nccnc2C(C)NC(=O)c2cc(C(F)(F)F)cc(C(F)(F)F)c2)c1. The maximum absolute atomic E-state index is 13.1. The average Bonchev–Trinajstić information content (AvgIpc) is 3.28. The number of carbonyl (C=O) groups is 2. The number of nitrogens with one attached hydrogen (secondary N) is 1. The van der Waals surface area contributed by atoms with Crippen LogP contribution in [0.2, 0.25) is 0 Å². The number of nitrogens with zero attached hydrogens (tertiary/aromatic N) is 4. The number of amides is 1. The molecule has 1 unspecified atom stereocenters. The van der Waals surface area contributed by atoms with E-state index in [1.165, 1.54) is 36.4 Å². The second-order valence-corrected chi connectivity index (χ2v) is 7.15. The van der Waals surface area contributed by atoms with Crippen molar-refractivity contribution in [1.29, 1.82) is 0 Å². The van der Waals surface area contributed by atoms with Crippen LogP contribution in [-0.4, -0.2) is 38.2 Å². The van der Waals surface area contributed by atoms with Crippen LogP contribution in [0, 0.1) is 0 Å². The third-order valence-electron chi connectivity index (χ3n) is 4.62. The lowest BCUT2D eigenvalue weighted by molar-refractivity contribution is -0.143. The molecule has 0 saturated carbocycles. The number of rotatable bonds is 6. The summed E-state index contributed by atoms with van der Waals surface area (Å²) in [6.45, 7) is 3.16. The van der Waals surface area contributed by atoms with Crippen LogP contribution >= 0.6 is 0 Å². The van der Waals surface area contributed by atoms with Crippen LogP contribution < -0.4 is 5.32 Å². The second-order valence-electron chi connectivity index (χ2n) is 7.15. The van der Waals surface area contributed by atoms with Crippen molar-refractivity contribution in [3.8, 4) is 5.82 Å². The molecule has 0 bridgehead atoms. The molecule has 0 aliphatic carbocycles. The number of benzene rings is 1. The third kappa shape index (κ3) is 5.94. The number of halogens is 6. The van der Waals surface area contributed by atoms with E-state index in [9.17, 15) is 35.9 Å². The predicted molar refractivity (Wildman–Crippen MR) is 107 cm³/mol. The Hall–Kier alpha value is -3.97. The molecule has 0 aliphatic heterocycles. The van der Waals surface area contributed by atoms with Gasteiger partial charge in [-0.3, -0.25) is 9.78 Å². The van der Waals surface area contributed by atoms with E-state index >= 15 is 0 Å². The first-order valence-electron chi connectivity index (χ1n) is 9.94. The van der Waals surface area contributed by atoms with Crippen molar-refractivity contribution >= 4 is 11.9 Å². The zero-order chi connectivity index (χ0) is 26.0. The molecule has 3 rings (SSSR count). The fourth-order valence-corrected chi connectivity index (χ4v) is 3.02. The van der Waals surface area contributed by atoms with Gasteiger partial charge in [0.2, 0.25) is 0 Å². The van der Waals surface area contributed by atoms with Crippen molar-refractivity contribution < 1.29 is 40.7 Å². The zero-order valence-corrected chi connectivity index (χ0v) is 18.1. The molecule has 1 atom stereocenters. The zero-order valence-electron chi connectivity index (χ0n) is 18.1. The Balaban J connectivity index is 1.91. The molecule has 1 aromatic carbocycles. The summed E-state index contributed by atoms with van der Waals surface area (Å²) in [7, 11) is 0. The molecular weight excluding hydrogens is 484 g/mol. The van der Waals surface area contributed by atoms with Crippen LogP contribution in [0.3, 0.4) is 0 Å². The van der Waals surface area contributed by atoms with Gasteiger partial charge in [-0.25, -0.2) is 14.5 Å². The summed E-state index contributed by atoms with van der Waals surface area (Å²) in [5.41, 5.74) is -3.89. The van der Waals surface area contributed by atoms with Gasteiger partial charge in [0.25, 0.3) is 5.91 Å². The summed E-state index contributed by atoms with van der Waals surface area (Å²) in [6.07, 6.45) is -5.14.